The summed E-state index contributed by atoms with van der Waals surface area (Å²) in [5, 5.41) is 8.85. The van der Waals surface area contributed by atoms with Crippen LogP contribution in [0.4, 0.5) is 0 Å². The molecule has 2 heterocycles. The molecule has 0 aliphatic carbocycles. The van der Waals surface area contributed by atoms with Crippen LogP contribution >= 0.6 is 11.6 Å². The summed E-state index contributed by atoms with van der Waals surface area (Å²) in [4.78, 5) is 2.56. The van der Waals surface area contributed by atoms with Gasteiger partial charge in [-0.3, -0.25) is 4.68 Å². The van der Waals surface area contributed by atoms with E-state index in [0.717, 1.165) is 36.0 Å². The highest BCUT2D eigenvalue weighted by atomic mass is 35.5. The molecule has 20 heavy (non-hydrogen) atoms. The summed E-state index contributed by atoms with van der Waals surface area (Å²) in [6, 6.07) is 0.477. The van der Waals surface area contributed by atoms with Gasteiger partial charge in [0.2, 0.25) is 0 Å². The van der Waals surface area contributed by atoms with Crippen LogP contribution < -0.4 is 5.32 Å². The molecule has 1 aromatic heterocycles. The van der Waals surface area contributed by atoms with E-state index in [1.165, 1.54) is 32.4 Å². The first-order valence-corrected chi connectivity index (χ1v) is 8.17. The predicted molar refractivity (Wildman–Crippen MR) is 84.2 cm³/mol. The molecule has 1 aromatic rings. The second-order valence-corrected chi connectivity index (χ2v) is 6.18. The molecule has 5 heteroatoms. The average molecular weight is 299 g/mol. The minimum Gasteiger partial charge on any atom is -0.307 e. The van der Waals surface area contributed by atoms with Crippen LogP contribution in [0.5, 0.6) is 0 Å². The van der Waals surface area contributed by atoms with E-state index in [0.29, 0.717) is 6.04 Å². The van der Waals surface area contributed by atoms with Crippen LogP contribution in [0.25, 0.3) is 0 Å². The van der Waals surface area contributed by atoms with Crippen molar-refractivity contribution < 1.29 is 0 Å². The fourth-order valence-electron chi connectivity index (χ4n) is 2.90. The topological polar surface area (TPSA) is 33.1 Å². The largest absolute Gasteiger partial charge is 0.307 e. The highest BCUT2D eigenvalue weighted by Gasteiger charge is 2.16. The Kier molecular flexibility index (Phi) is 5.87. The maximum Gasteiger partial charge on any atom is 0.0860 e. The summed E-state index contributed by atoms with van der Waals surface area (Å²) in [6.07, 6.45) is 4.09. The molecule has 1 atom stereocenters. The van der Waals surface area contributed by atoms with Gasteiger partial charge in [-0.15, -0.1) is 0 Å². The molecule has 1 saturated heterocycles. The van der Waals surface area contributed by atoms with Crippen molar-refractivity contribution in [3.8, 4) is 0 Å². The Hall–Kier alpha value is -0.580. The number of hydrogen-bond donors (Lipinski definition) is 1. The zero-order valence-electron chi connectivity index (χ0n) is 13.0. The van der Waals surface area contributed by atoms with Crippen molar-refractivity contribution in [2.75, 3.05) is 19.6 Å². The number of nitrogens with one attached hydrogen (secondary N) is 1. The Morgan fingerprint density at radius 1 is 1.30 bits per heavy atom. The van der Waals surface area contributed by atoms with E-state index >= 15 is 0 Å². The Balaban J connectivity index is 1.84. The number of nitrogens with zero attached hydrogens (tertiary/aromatic N) is 3. The maximum absolute atomic E-state index is 6.33. The number of halogens is 1. The number of likely N-dealkylation sites (tertiary alicyclic amines) is 1. The fourth-order valence-corrected chi connectivity index (χ4v) is 3.10. The molecule has 4 nitrogen and oxygen atoms in total. The van der Waals surface area contributed by atoms with Gasteiger partial charge in [0.1, 0.15) is 0 Å². The van der Waals surface area contributed by atoms with E-state index < -0.39 is 0 Å². The van der Waals surface area contributed by atoms with Gasteiger partial charge in [0.05, 0.1) is 16.4 Å². The molecule has 0 bridgehead atoms. The van der Waals surface area contributed by atoms with Crippen molar-refractivity contribution in [3.05, 3.63) is 16.4 Å². The Morgan fingerprint density at radius 3 is 2.65 bits per heavy atom. The fraction of sp³-hybridized carbons (Fsp3) is 0.800. The zero-order chi connectivity index (χ0) is 14.5. The third-order valence-electron chi connectivity index (χ3n) is 4.05. The van der Waals surface area contributed by atoms with Crippen LogP contribution in [0.15, 0.2) is 0 Å². The van der Waals surface area contributed by atoms with Gasteiger partial charge in [-0.25, -0.2) is 0 Å². The summed E-state index contributed by atoms with van der Waals surface area (Å²) in [5.74, 6) is 0. The monoisotopic (exact) mass is 298 g/mol. The maximum atomic E-state index is 6.33. The lowest BCUT2D eigenvalue weighted by Gasteiger charge is -2.29. The molecule has 0 aromatic carbocycles. The number of aromatic nitrogens is 2. The normalized spacial score (nSPS) is 18.4. The van der Waals surface area contributed by atoms with Crippen LogP contribution in [0.1, 0.15) is 44.5 Å². The van der Waals surface area contributed by atoms with E-state index in [-0.39, 0.29) is 0 Å². The molecular weight excluding hydrogens is 272 g/mol. The number of hydrogen-bond acceptors (Lipinski definition) is 3. The van der Waals surface area contributed by atoms with Crippen molar-refractivity contribution in [2.45, 2.75) is 59.2 Å². The lowest BCUT2D eigenvalue weighted by atomic mass is 10.1. The molecule has 1 aliphatic heterocycles. The van der Waals surface area contributed by atoms with Gasteiger partial charge in [0, 0.05) is 25.7 Å². The Labute approximate surface area is 127 Å². The summed E-state index contributed by atoms with van der Waals surface area (Å²) >= 11 is 6.33. The SMILES string of the molecule is CCn1nc(C)c(Cl)c1CNC(C)CN1CCCCC1. The minimum absolute atomic E-state index is 0.477. The van der Waals surface area contributed by atoms with Gasteiger partial charge in [-0.1, -0.05) is 18.0 Å². The first kappa shape index (κ1) is 15.8. The smallest absolute Gasteiger partial charge is 0.0860 e. The van der Waals surface area contributed by atoms with E-state index in [9.17, 15) is 0 Å². The molecular formula is C15H27ClN4. The molecule has 1 unspecified atom stereocenters. The second-order valence-electron chi connectivity index (χ2n) is 5.81. The summed E-state index contributed by atoms with van der Waals surface area (Å²) < 4.78 is 2.00. The van der Waals surface area contributed by atoms with Crippen LogP contribution in [0, 0.1) is 6.92 Å². The van der Waals surface area contributed by atoms with Gasteiger partial charge >= 0.3 is 0 Å². The van der Waals surface area contributed by atoms with Gasteiger partial charge in [0.25, 0.3) is 0 Å². The summed E-state index contributed by atoms with van der Waals surface area (Å²) in [7, 11) is 0. The molecule has 2 rings (SSSR count). The van der Waals surface area contributed by atoms with E-state index in [2.05, 4.69) is 29.2 Å². The first-order valence-electron chi connectivity index (χ1n) is 7.79. The third kappa shape index (κ3) is 3.96. The molecule has 1 fully saturated rings. The highest BCUT2D eigenvalue weighted by molar-refractivity contribution is 6.31. The summed E-state index contributed by atoms with van der Waals surface area (Å²) in [5.41, 5.74) is 2.03. The first-order chi connectivity index (χ1) is 9.61. The summed E-state index contributed by atoms with van der Waals surface area (Å²) in [6.45, 7) is 11.6. The van der Waals surface area contributed by atoms with Crippen molar-refractivity contribution >= 4 is 11.6 Å². The van der Waals surface area contributed by atoms with Crippen molar-refractivity contribution in [3.63, 3.8) is 0 Å². The Morgan fingerprint density at radius 2 is 2.00 bits per heavy atom. The zero-order valence-corrected chi connectivity index (χ0v) is 13.7. The van der Waals surface area contributed by atoms with Gasteiger partial charge < -0.3 is 10.2 Å². The lowest BCUT2D eigenvalue weighted by molar-refractivity contribution is 0.208. The molecule has 114 valence electrons. The highest BCUT2D eigenvalue weighted by Crippen LogP contribution is 2.20. The standard InChI is InChI=1S/C15H27ClN4/c1-4-20-14(15(16)13(3)18-20)10-17-12(2)11-19-8-6-5-7-9-19/h12,17H,4-11H2,1-3H3. The molecule has 0 radical (unpaired) electrons. The molecule has 0 saturated carbocycles. The van der Waals surface area contributed by atoms with Crippen LogP contribution in [0.2, 0.25) is 5.02 Å². The number of aryl methyl sites for hydroxylation is 2. The predicted octanol–water partition coefficient (Wildman–Crippen LogP) is 2.83. The van der Waals surface area contributed by atoms with Crippen LogP contribution in [-0.4, -0.2) is 40.4 Å². The van der Waals surface area contributed by atoms with Crippen molar-refractivity contribution in [1.82, 2.24) is 20.0 Å². The van der Waals surface area contributed by atoms with Crippen LogP contribution in [-0.2, 0) is 13.1 Å². The lowest BCUT2D eigenvalue weighted by Crippen LogP contribution is -2.41. The molecule has 0 spiro atoms. The Bertz CT molecular complexity index is 424. The quantitative estimate of drug-likeness (QED) is 0.877. The number of rotatable bonds is 6. The second kappa shape index (κ2) is 7.43. The molecule has 0 amide bonds. The number of piperidine rings is 1. The van der Waals surface area contributed by atoms with E-state index in [1.807, 2.05) is 11.6 Å². The molecule has 1 N–H and O–H groups in total. The van der Waals surface area contributed by atoms with E-state index in [4.69, 9.17) is 11.6 Å². The van der Waals surface area contributed by atoms with E-state index in [1.54, 1.807) is 0 Å². The van der Waals surface area contributed by atoms with Gasteiger partial charge in [0.15, 0.2) is 0 Å². The minimum atomic E-state index is 0.477. The average Bonchev–Trinajstić information content (AvgIpc) is 2.73. The van der Waals surface area contributed by atoms with Crippen molar-refractivity contribution in [1.29, 1.82) is 0 Å². The molecule has 1 aliphatic rings. The van der Waals surface area contributed by atoms with Gasteiger partial charge in [-0.05, 0) is 46.7 Å². The third-order valence-corrected chi connectivity index (χ3v) is 4.54. The van der Waals surface area contributed by atoms with Gasteiger partial charge in [-0.2, -0.15) is 5.10 Å². The van der Waals surface area contributed by atoms with Crippen molar-refractivity contribution in [2.24, 2.45) is 0 Å². The van der Waals surface area contributed by atoms with Crippen LogP contribution in [0.3, 0.4) is 0 Å².